The van der Waals surface area contributed by atoms with E-state index < -0.39 is 20.8 Å². The number of hydrogen-bond donors (Lipinski definition) is 0. The molecule has 1 heterocycles. The van der Waals surface area contributed by atoms with Crippen LogP contribution in [-0.2, 0) is 10.0 Å². The lowest BCUT2D eigenvalue weighted by Crippen LogP contribution is -2.31. The van der Waals surface area contributed by atoms with Gasteiger partial charge < -0.3 is 0 Å². The van der Waals surface area contributed by atoms with Crippen molar-refractivity contribution in [1.82, 2.24) is 0 Å². The Hall–Kier alpha value is -2.81. The minimum atomic E-state index is -4.04. The SMILES string of the molecule is CCC1=NS(=O)(=O)c2cc([N+](=O)[O-])ccc2N1c1ccc(F)cc1. The van der Waals surface area contributed by atoms with E-state index in [1.807, 2.05) is 0 Å². The fraction of sp³-hybridized carbons (Fsp3) is 0.133. The first-order chi connectivity index (χ1) is 11.3. The minimum Gasteiger partial charge on any atom is -0.296 e. The van der Waals surface area contributed by atoms with Crippen LogP contribution in [0.15, 0.2) is 51.8 Å². The van der Waals surface area contributed by atoms with Crippen LogP contribution in [0.1, 0.15) is 13.3 Å². The molecule has 0 bridgehead atoms. The maximum atomic E-state index is 13.2. The van der Waals surface area contributed by atoms with Crippen LogP contribution in [0.4, 0.5) is 21.5 Å². The summed E-state index contributed by atoms with van der Waals surface area (Å²) in [6, 6.07) is 9.04. The molecule has 7 nitrogen and oxygen atoms in total. The number of halogens is 1. The lowest BCUT2D eigenvalue weighted by atomic mass is 10.2. The van der Waals surface area contributed by atoms with Gasteiger partial charge in [0.05, 0.1) is 10.6 Å². The number of nitro benzene ring substituents is 1. The number of benzene rings is 2. The average Bonchev–Trinajstić information content (AvgIpc) is 2.55. The molecule has 3 rings (SSSR count). The van der Waals surface area contributed by atoms with Gasteiger partial charge in [-0.25, -0.2) is 4.39 Å². The molecule has 24 heavy (non-hydrogen) atoms. The predicted molar refractivity (Wildman–Crippen MR) is 86.5 cm³/mol. The quantitative estimate of drug-likeness (QED) is 0.625. The number of hydrogen-bond acceptors (Lipinski definition) is 5. The standard InChI is InChI=1S/C15H12FN3O4S/c1-2-15-17-24(22,23)14-9-12(19(20)21)7-8-13(14)18(15)11-5-3-10(16)4-6-11/h3-9H,2H2,1H3. The van der Waals surface area contributed by atoms with E-state index in [0.717, 1.165) is 6.07 Å². The number of nitrogens with zero attached hydrogens (tertiary/aromatic N) is 3. The van der Waals surface area contributed by atoms with E-state index >= 15 is 0 Å². The molecule has 1 aliphatic heterocycles. The fourth-order valence-corrected chi connectivity index (χ4v) is 3.76. The summed E-state index contributed by atoms with van der Waals surface area (Å²) in [4.78, 5) is 11.6. The Balaban J connectivity index is 2.26. The van der Waals surface area contributed by atoms with Crippen LogP contribution < -0.4 is 4.90 Å². The van der Waals surface area contributed by atoms with E-state index in [0.29, 0.717) is 12.1 Å². The molecule has 2 aromatic rings. The summed E-state index contributed by atoms with van der Waals surface area (Å²) in [5.41, 5.74) is 0.424. The Kier molecular flexibility index (Phi) is 3.80. The van der Waals surface area contributed by atoms with E-state index in [-0.39, 0.29) is 22.1 Å². The van der Waals surface area contributed by atoms with Gasteiger partial charge >= 0.3 is 0 Å². The largest absolute Gasteiger partial charge is 0.296 e. The molecule has 1 aliphatic rings. The first-order valence-corrected chi connectivity index (χ1v) is 8.45. The van der Waals surface area contributed by atoms with Crippen molar-refractivity contribution >= 4 is 32.9 Å². The van der Waals surface area contributed by atoms with Crippen molar-refractivity contribution in [3.8, 4) is 0 Å². The minimum absolute atomic E-state index is 0.249. The van der Waals surface area contributed by atoms with Gasteiger partial charge in [0.1, 0.15) is 16.5 Å². The Labute approximate surface area is 137 Å². The molecule has 9 heteroatoms. The van der Waals surface area contributed by atoms with Crippen molar-refractivity contribution in [3.05, 3.63) is 58.4 Å². The van der Waals surface area contributed by atoms with E-state index in [9.17, 15) is 22.9 Å². The van der Waals surface area contributed by atoms with Crippen molar-refractivity contribution in [2.45, 2.75) is 18.2 Å². The molecule has 2 aromatic carbocycles. The molecule has 0 amide bonds. The Morgan fingerprint density at radius 1 is 1.21 bits per heavy atom. The van der Waals surface area contributed by atoms with E-state index in [4.69, 9.17) is 0 Å². The molecule has 0 spiro atoms. The van der Waals surface area contributed by atoms with Gasteiger partial charge in [-0.2, -0.15) is 8.42 Å². The number of amidine groups is 1. The third-order valence-corrected chi connectivity index (χ3v) is 4.89. The zero-order valence-electron chi connectivity index (χ0n) is 12.5. The highest BCUT2D eigenvalue weighted by Crippen LogP contribution is 2.39. The summed E-state index contributed by atoms with van der Waals surface area (Å²) in [6.45, 7) is 1.74. The number of fused-ring (bicyclic) bond motifs is 1. The molecule has 0 unspecified atom stereocenters. The van der Waals surface area contributed by atoms with Crippen LogP contribution >= 0.6 is 0 Å². The number of sulfonamides is 1. The van der Waals surface area contributed by atoms with Crippen molar-refractivity contribution in [2.75, 3.05) is 4.90 Å². The van der Waals surface area contributed by atoms with E-state index in [1.54, 1.807) is 11.8 Å². The summed E-state index contributed by atoms with van der Waals surface area (Å²) in [5.74, 6) is -0.176. The van der Waals surface area contributed by atoms with Gasteiger partial charge in [-0.3, -0.25) is 15.0 Å². The number of nitro groups is 1. The average molecular weight is 349 g/mol. The number of anilines is 2. The normalized spacial score (nSPS) is 15.6. The van der Waals surface area contributed by atoms with E-state index in [1.165, 1.54) is 36.4 Å². The maximum Gasteiger partial charge on any atom is 0.286 e. The summed E-state index contributed by atoms with van der Waals surface area (Å²) in [6.07, 6.45) is 0.313. The molecule has 0 aromatic heterocycles. The first kappa shape index (κ1) is 16.1. The Morgan fingerprint density at radius 2 is 1.88 bits per heavy atom. The van der Waals surface area contributed by atoms with Crippen LogP contribution in [0, 0.1) is 15.9 Å². The van der Waals surface area contributed by atoms with Crippen LogP contribution in [0.3, 0.4) is 0 Å². The highest BCUT2D eigenvalue weighted by molar-refractivity contribution is 7.90. The molecular formula is C15H12FN3O4S. The van der Waals surface area contributed by atoms with Gasteiger partial charge in [0.15, 0.2) is 0 Å². The lowest BCUT2D eigenvalue weighted by Gasteiger charge is -2.30. The fourth-order valence-electron chi connectivity index (χ4n) is 2.48. The van der Waals surface area contributed by atoms with Crippen molar-refractivity contribution in [3.63, 3.8) is 0 Å². The molecule has 0 atom stereocenters. The second-order valence-corrected chi connectivity index (χ2v) is 6.63. The zero-order chi connectivity index (χ0) is 17.5. The second kappa shape index (κ2) is 5.68. The first-order valence-electron chi connectivity index (χ1n) is 7.01. The summed E-state index contributed by atoms with van der Waals surface area (Å²) in [7, 11) is -4.04. The highest BCUT2D eigenvalue weighted by atomic mass is 32.2. The van der Waals surface area contributed by atoms with Crippen molar-refractivity contribution in [2.24, 2.45) is 4.40 Å². The predicted octanol–water partition coefficient (Wildman–Crippen LogP) is 3.38. The van der Waals surface area contributed by atoms with Crippen LogP contribution in [0.5, 0.6) is 0 Å². The van der Waals surface area contributed by atoms with Crippen LogP contribution in [-0.4, -0.2) is 19.2 Å². The summed E-state index contributed by atoms with van der Waals surface area (Å²) < 4.78 is 41.6. The third kappa shape index (κ3) is 2.62. The van der Waals surface area contributed by atoms with Gasteiger partial charge in [0.25, 0.3) is 15.7 Å². The van der Waals surface area contributed by atoms with E-state index in [2.05, 4.69) is 4.40 Å². The van der Waals surface area contributed by atoms with Gasteiger partial charge in [-0.1, -0.05) is 6.92 Å². The third-order valence-electron chi connectivity index (χ3n) is 3.56. The van der Waals surface area contributed by atoms with Gasteiger partial charge in [-0.15, -0.1) is 4.40 Å². The summed E-state index contributed by atoms with van der Waals surface area (Å²) in [5, 5.41) is 10.9. The number of non-ortho nitro benzene ring substituents is 1. The van der Waals surface area contributed by atoms with Gasteiger partial charge in [0.2, 0.25) is 0 Å². The molecule has 0 radical (unpaired) electrons. The maximum absolute atomic E-state index is 13.2. The smallest absolute Gasteiger partial charge is 0.286 e. The molecule has 0 aliphatic carbocycles. The lowest BCUT2D eigenvalue weighted by molar-refractivity contribution is -0.385. The van der Waals surface area contributed by atoms with Gasteiger partial charge in [0, 0.05) is 24.2 Å². The number of rotatable bonds is 3. The molecular weight excluding hydrogens is 337 g/mol. The highest BCUT2D eigenvalue weighted by Gasteiger charge is 2.32. The molecule has 124 valence electrons. The van der Waals surface area contributed by atoms with Crippen LogP contribution in [0.2, 0.25) is 0 Å². The second-order valence-electron chi connectivity index (χ2n) is 5.06. The molecule has 0 N–H and O–H groups in total. The van der Waals surface area contributed by atoms with Crippen molar-refractivity contribution < 1.29 is 17.7 Å². The molecule has 0 saturated heterocycles. The topological polar surface area (TPSA) is 92.9 Å². The Morgan fingerprint density at radius 3 is 2.46 bits per heavy atom. The van der Waals surface area contributed by atoms with Crippen molar-refractivity contribution in [1.29, 1.82) is 0 Å². The monoisotopic (exact) mass is 349 g/mol. The Bertz CT molecular complexity index is 955. The van der Waals surface area contributed by atoms with Crippen LogP contribution in [0.25, 0.3) is 0 Å². The zero-order valence-corrected chi connectivity index (χ0v) is 13.3. The van der Waals surface area contributed by atoms with Gasteiger partial charge in [-0.05, 0) is 30.3 Å². The summed E-state index contributed by atoms with van der Waals surface area (Å²) >= 11 is 0. The molecule has 0 fully saturated rings. The molecule has 0 saturated carbocycles.